The minimum Gasteiger partial charge on any atom is -0.207 e. The molecule has 16 heavy (non-hydrogen) atoms. The zero-order valence-corrected chi connectivity index (χ0v) is 11.5. The first-order chi connectivity index (χ1) is 7.60. The largest absolute Gasteiger partial charge is 0.207 e. The Balaban J connectivity index is 0.00000106. The molecule has 1 aromatic rings. The first-order valence-corrected chi connectivity index (χ1v) is 6.41. The van der Waals surface area contributed by atoms with Crippen LogP contribution in [0.4, 0.5) is 4.39 Å². The van der Waals surface area contributed by atoms with Gasteiger partial charge in [-0.25, -0.2) is 4.39 Å². The molecule has 0 bridgehead atoms. The number of hydrogen-bond acceptors (Lipinski definition) is 0. The normalized spacial score (nSPS) is 10.0. The maximum atomic E-state index is 13.5. The second-order valence-electron chi connectivity index (χ2n) is 4.00. The van der Waals surface area contributed by atoms with E-state index in [2.05, 4.69) is 20.8 Å². The maximum Gasteiger partial charge on any atom is 0.126 e. The van der Waals surface area contributed by atoms with Crippen molar-refractivity contribution in [1.29, 1.82) is 0 Å². The van der Waals surface area contributed by atoms with Crippen LogP contribution in [0.5, 0.6) is 0 Å². The summed E-state index contributed by atoms with van der Waals surface area (Å²) in [5, 5.41) is 0. The van der Waals surface area contributed by atoms with E-state index in [-0.39, 0.29) is 5.82 Å². The second kappa shape index (κ2) is 7.43. The van der Waals surface area contributed by atoms with Crippen molar-refractivity contribution in [3.63, 3.8) is 0 Å². The Hall–Kier alpha value is -0.850. The predicted molar refractivity (Wildman–Crippen MR) is 70.6 cm³/mol. The van der Waals surface area contributed by atoms with Gasteiger partial charge < -0.3 is 0 Å². The Morgan fingerprint density at radius 2 is 1.50 bits per heavy atom. The molecule has 0 aliphatic rings. The lowest BCUT2D eigenvalue weighted by molar-refractivity contribution is 0.606. The van der Waals surface area contributed by atoms with E-state index >= 15 is 0 Å². The van der Waals surface area contributed by atoms with Crippen LogP contribution in [0.25, 0.3) is 0 Å². The number of rotatable bonds is 3. The smallest absolute Gasteiger partial charge is 0.126 e. The highest BCUT2D eigenvalue weighted by Crippen LogP contribution is 2.23. The van der Waals surface area contributed by atoms with Gasteiger partial charge in [0.25, 0.3) is 0 Å². The highest BCUT2D eigenvalue weighted by atomic mass is 19.1. The highest BCUT2D eigenvalue weighted by Gasteiger charge is 2.10. The van der Waals surface area contributed by atoms with Gasteiger partial charge in [-0.05, 0) is 41.5 Å². The molecule has 0 aliphatic carbocycles. The predicted octanol–water partition coefficient (Wildman–Crippen LogP) is 5.10. The summed E-state index contributed by atoms with van der Waals surface area (Å²) in [5.41, 5.74) is 3.28. The molecule has 0 spiro atoms. The van der Waals surface area contributed by atoms with Crippen molar-refractivity contribution in [1.82, 2.24) is 0 Å². The van der Waals surface area contributed by atoms with Crippen LogP contribution in [0.2, 0.25) is 0 Å². The molecule has 0 saturated carbocycles. The van der Waals surface area contributed by atoms with Crippen LogP contribution in [0, 0.1) is 5.82 Å². The van der Waals surface area contributed by atoms with Crippen molar-refractivity contribution in [2.45, 2.75) is 60.3 Å². The van der Waals surface area contributed by atoms with Crippen LogP contribution in [0.15, 0.2) is 12.1 Å². The van der Waals surface area contributed by atoms with Crippen molar-refractivity contribution in [3.8, 4) is 0 Å². The summed E-state index contributed by atoms with van der Waals surface area (Å²) in [7, 11) is 0. The zero-order valence-electron chi connectivity index (χ0n) is 11.5. The lowest BCUT2D eigenvalue weighted by Gasteiger charge is -2.13. The van der Waals surface area contributed by atoms with Gasteiger partial charge in [0.15, 0.2) is 0 Å². The molecule has 0 aliphatic heterocycles. The first kappa shape index (κ1) is 15.2. The second-order valence-corrected chi connectivity index (χ2v) is 4.00. The molecule has 0 N–H and O–H groups in total. The van der Waals surface area contributed by atoms with E-state index in [0.29, 0.717) is 5.92 Å². The van der Waals surface area contributed by atoms with Gasteiger partial charge in [-0.1, -0.05) is 47.6 Å². The van der Waals surface area contributed by atoms with Crippen LogP contribution in [0.1, 0.15) is 64.2 Å². The van der Waals surface area contributed by atoms with E-state index in [1.807, 2.05) is 26.8 Å². The molecule has 0 saturated heterocycles. The Bertz CT molecular complexity index is 313. The van der Waals surface area contributed by atoms with Crippen LogP contribution < -0.4 is 0 Å². The molecule has 1 heteroatoms. The third kappa shape index (κ3) is 3.62. The summed E-state index contributed by atoms with van der Waals surface area (Å²) >= 11 is 0. The summed E-state index contributed by atoms with van der Waals surface area (Å²) in [6.45, 7) is 12.3. The first-order valence-electron chi connectivity index (χ1n) is 6.41. The molecule has 0 nitrogen and oxygen atoms in total. The van der Waals surface area contributed by atoms with Crippen molar-refractivity contribution in [3.05, 3.63) is 34.6 Å². The molecule has 1 aromatic carbocycles. The molecule has 0 fully saturated rings. The van der Waals surface area contributed by atoms with E-state index in [4.69, 9.17) is 0 Å². The monoisotopic (exact) mass is 224 g/mol. The van der Waals surface area contributed by atoms with Gasteiger partial charge in [0, 0.05) is 0 Å². The topological polar surface area (TPSA) is 0 Å². The molecule has 0 atom stereocenters. The fourth-order valence-corrected chi connectivity index (χ4v) is 1.80. The van der Waals surface area contributed by atoms with Crippen molar-refractivity contribution >= 4 is 0 Å². The minimum absolute atomic E-state index is 0.0478. The summed E-state index contributed by atoms with van der Waals surface area (Å²) < 4.78 is 13.5. The van der Waals surface area contributed by atoms with E-state index in [1.165, 1.54) is 5.56 Å². The number of benzene rings is 1. The van der Waals surface area contributed by atoms with Gasteiger partial charge in [0.05, 0.1) is 0 Å². The van der Waals surface area contributed by atoms with Crippen molar-refractivity contribution < 1.29 is 4.39 Å². The minimum atomic E-state index is -0.0478. The lowest BCUT2D eigenvalue weighted by Crippen LogP contribution is -2.00. The summed E-state index contributed by atoms with van der Waals surface area (Å²) in [6.07, 6.45) is 1.76. The Morgan fingerprint density at radius 1 is 1.00 bits per heavy atom. The standard InChI is InChI=1S/C13H19F.C2H6/c1-5-10-7-11(6-2)13(14)8-12(10)9(3)4;1-2/h7-9H,5-6H2,1-4H3;1-2H3. The number of aryl methyl sites for hydroxylation is 2. The van der Waals surface area contributed by atoms with E-state index in [0.717, 1.165) is 24.0 Å². The maximum absolute atomic E-state index is 13.5. The SMILES string of the molecule is CC.CCc1cc(CC)c(C(C)C)cc1F. The molecule has 0 unspecified atom stereocenters. The lowest BCUT2D eigenvalue weighted by atomic mass is 9.93. The molecule has 0 radical (unpaired) electrons. The molecule has 1 rings (SSSR count). The Labute approximate surface area is 99.9 Å². The quantitative estimate of drug-likeness (QED) is 0.670. The van der Waals surface area contributed by atoms with Crippen LogP contribution in [0.3, 0.4) is 0 Å². The highest BCUT2D eigenvalue weighted by molar-refractivity contribution is 5.35. The average Bonchev–Trinajstić information content (AvgIpc) is 2.31. The zero-order chi connectivity index (χ0) is 12.7. The van der Waals surface area contributed by atoms with Gasteiger partial charge in [0.1, 0.15) is 5.82 Å². The van der Waals surface area contributed by atoms with Crippen molar-refractivity contribution in [2.75, 3.05) is 0 Å². The molecule has 0 heterocycles. The van der Waals surface area contributed by atoms with Crippen molar-refractivity contribution in [2.24, 2.45) is 0 Å². The van der Waals surface area contributed by atoms with E-state index in [1.54, 1.807) is 6.07 Å². The molecule has 0 aromatic heterocycles. The molecular weight excluding hydrogens is 199 g/mol. The van der Waals surface area contributed by atoms with Gasteiger partial charge in [-0.3, -0.25) is 0 Å². The fraction of sp³-hybridized carbons (Fsp3) is 0.600. The van der Waals surface area contributed by atoms with Crippen LogP contribution in [-0.4, -0.2) is 0 Å². The van der Waals surface area contributed by atoms with Crippen LogP contribution in [-0.2, 0) is 12.8 Å². The molecular formula is C15H25F. The van der Waals surface area contributed by atoms with Gasteiger partial charge in [-0.15, -0.1) is 0 Å². The third-order valence-electron chi connectivity index (χ3n) is 2.69. The van der Waals surface area contributed by atoms with Gasteiger partial charge in [-0.2, -0.15) is 0 Å². The Morgan fingerprint density at radius 3 is 1.88 bits per heavy atom. The summed E-state index contributed by atoms with van der Waals surface area (Å²) in [5.74, 6) is 0.360. The van der Waals surface area contributed by atoms with E-state index < -0.39 is 0 Å². The summed E-state index contributed by atoms with van der Waals surface area (Å²) in [6, 6.07) is 3.73. The molecule has 0 amide bonds. The number of hydrogen-bond donors (Lipinski definition) is 0. The van der Waals surface area contributed by atoms with Crippen LogP contribution >= 0.6 is 0 Å². The molecule has 92 valence electrons. The van der Waals surface area contributed by atoms with E-state index in [9.17, 15) is 4.39 Å². The average molecular weight is 224 g/mol. The van der Waals surface area contributed by atoms with Gasteiger partial charge in [0.2, 0.25) is 0 Å². The summed E-state index contributed by atoms with van der Waals surface area (Å²) in [4.78, 5) is 0. The van der Waals surface area contributed by atoms with Gasteiger partial charge >= 0.3 is 0 Å². The fourth-order valence-electron chi connectivity index (χ4n) is 1.80. The third-order valence-corrected chi connectivity index (χ3v) is 2.69. The Kier molecular flexibility index (Phi) is 7.03. The number of halogens is 1.